The number of benzene rings is 2. The van der Waals surface area contributed by atoms with Crippen molar-refractivity contribution >= 4 is 5.91 Å². The van der Waals surface area contributed by atoms with Gasteiger partial charge in [-0.05, 0) is 61.1 Å². The molecule has 3 unspecified atom stereocenters. The lowest BCUT2D eigenvalue weighted by Crippen LogP contribution is -2.61. The molecule has 2 bridgehead atoms. The zero-order valence-corrected chi connectivity index (χ0v) is 21.6. The van der Waals surface area contributed by atoms with Crippen LogP contribution >= 0.6 is 0 Å². The predicted octanol–water partition coefficient (Wildman–Crippen LogP) is 4.64. The van der Waals surface area contributed by atoms with E-state index < -0.39 is 0 Å². The van der Waals surface area contributed by atoms with E-state index in [0.29, 0.717) is 17.6 Å². The summed E-state index contributed by atoms with van der Waals surface area (Å²) in [6.07, 6.45) is 9.36. The molecule has 5 rings (SSSR count). The second-order valence-corrected chi connectivity index (χ2v) is 10.5. The third-order valence-corrected chi connectivity index (χ3v) is 8.12. The number of carbonyl (C=O) groups is 1. The van der Waals surface area contributed by atoms with Crippen molar-refractivity contribution in [3.8, 4) is 5.75 Å². The average Bonchev–Trinajstić information content (AvgIpc) is 2.90. The maximum Gasteiger partial charge on any atom is 0.265 e. The van der Waals surface area contributed by atoms with Crippen LogP contribution < -0.4 is 10.2 Å². The molecular formula is C30H40N4O2. The molecule has 0 radical (unpaired) electrons. The maximum atomic E-state index is 12.9. The third-order valence-electron chi connectivity index (χ3n) is 8.12. The number of fused-ring (bicyclic) bond motifs is 2. The highest BCUT2D eigenvalue weighted by Gasteiger charge is 2.39. The molecule has 1 N–H and O–H groups in total. The van der Waals surface area contributed by atoms with Crippen molar-refractivity contribution in [2.75, 3.05) is 39.8 Å². The number of amides is 1. The number of nitrogens with one attached hydrogen (secondary N) is 1. The monoisotopic (exact) mass is 488 g/mol. The molecule has 2 aromatic carbocycles. The number of hydrogen-bond donors (Lipinski definition) is 1. The number of ether oxygens (including phenoxy) is 1. The van der Waals surface area contributed by atoms with Gasteiger partial charge in [-0.1, -0.05) is 43.2 Å². The van der Waals surface area contributed by atoms with E-state index in [-0.39, 0.29) is 11.9 Å². The molecule has 3 atom stereocenters. The Balaban J connectivity index is 1.40. The van der Waals surface area contributed by atoms with Crippen molar-refractivity contribution in [2.45, 2.75) is 56.7 Å². The van der Waals surface area contributed by atoms with Crippen LogP contribution in [0.5, 0.6) is 5.75 Å². The Morgan fingerprint density at radius 2 is 1.75 bits per heavy atom. The summed E-state index contributed by atoms with van der Waals surface area (Å²) < 4.78 is 5.58. The highest BCUT2D eigenvalue weighted by atomic mass is 16.5. The lowest BCUT2D eigenvalue weighted by atomic mass is 9.87. The van der Waals surface area contributed by atoms with Crippen LogP contribution in [0.3, 0.4) is 0 Å². The van der Waals surface area contributed by atoms with E-state index in [1.807, 2.05) is 24.3 Å². The molecule has 3 fully saturated rings. The number of methoxy groups -OCH3 is 1. The number of nitrogens with zero attached hydrogens (tertiary/aromatic N) is 3. The first kappa shape index (κ1) is 25.0. The topological polar surface area (TPSA) is 48.0 Å². The Labute approximate surface area is 215 Å². The number of likely N-dealkylation sites (tertiary alicyclic amines) is 1. The molecule has 0 aliphatic carbocycles. The molecule has 3 heterocycles. The van der Waals surface area contributed by atoms with Crippen LogP contribution in [0.1, 0.15) is 66.1 Å². The van der Waals surface area contributed by atoms with Crippen molar-refractivity contribution in [2.24, 2.45) is 0 Å². The number of hydrogen-bond acceptors (Lipinski definition) is 5. The van der Waals surface area contributed by atoms with E-state index in [1.165, 1.54) is 36.8 Å². The van der Waals surface area contributed by atoms with E-state index in [0.717, 1.165) is 51.3 Å². The van der Waals surface area contributed by atoms with Crippen molar-refractivity contribution in [3.05, 3.63) is 77.9 Å². The summed E-state index contributed by atoms with van der Waals surface area (Å²) in [5.74, 6) is 0.856. The second-order valence-electron chi connectivity index (χ2n) is 10.5. The maximum absolute atomic E-state index is 12.9. The summed E-state index contributed by atoms with van der Waals surface area (Å²) in [5, 5.41) is 2.06. The Morgan fingerprint density at radius 3 is 2.42 bits per heavy atom. The Hall–Kier alpha value is -2.67. The fourth-order valence-corrected chi connectivity index (χ4v) is 6.34. The molecular weight excluding hydrogens is 448 g/mol. The normalized spacial score (nSPS) is 24.1. The van der Waals surface area contributed by atoms with Gasteiger partial charge in [-0.3, -0.25) is 20.0 Å². The van der Waals surface area contributed by atoms with Crippen molar-refractivity contribution < 1.29 is 9.53 Å². The number of hydrazine groups is 1. The van der Waals surface area contributed by atoms with Crippen molar-refractivity contribution in [1.29, 1.82) is 0 Å². The Kier molecular flexibility index (Phi) is 8.05. The predicted molar refractivity (Wildman–Crippen MR) is 144 cm³/mol. The summed E-state index contributed by atoms with van der Waals surface area (Å²) >= 11 is 0. The lowest BCUT2D eigenvalue weighted by Gasteiger charge is -2.52. The van der Waals surface area contributed by atoms with Crippen LogP contribution in [-0.4, -0.2) is 72.6 Å². The van der Waals surface area contributed by atoms with Crippen LogP contribution in [0.15, 0.2) is 61.2 Å². The molecule has 0 spiro atoms. The van der Waals surface area contributed by atoms with Gasteiger partial charge in [0.05, 0.1) is 13.2 Å². The summed E-state index contributed by atoms with van der Waals surface area (Å²) in [7, 11) is 1.72. The van der Waals surface area contributed by atoms with Gasteiger partial charge in [0.1, 0.15) is 5.75 Å². The molecule has 0 saturated carbocycles. The molecule has 36 heavy (non-hydrogen) atoms. The number of piperidine rings is 2. The van der Waals surface area contributed by atoms with E-state index >= 15 is 0 Å². The van der Waals surface area contributed by atoms with Crippen molar-refractivity contribution in [3.63, 3.8) is 0 Å². The molecule has 6 nitrogen and oxygen atoms in total. The molecule has 3 aliphatic rings. The number of rotatable bonds is 8. The SMILES string of the molecule is C=CCN1C2CCCC1CN(C(c1ccc(C(=O)NN3CCCCC3)cc1)c1cccc(OC)c1)C2. The third kappa shape index (κ3) is 5.51. The first-order valence-electron chi connectivity index (χ1n) is 13.6. The van der Waals surface area contributed by atoms with E-state index in [2.05, 4.69) is 57.1 Å². The van der Waals surface area contributed by atoms with Gasteiger partial charge in [0.2, 0.25) is 0 Å². The average molecular weight is 489 g/mol. The minimum atomic E-state index is -0.0195. The zero-order valence-electron chi connectivity index (χ0n) is 21.6. The molecule has 0 aromatic heterocycles. The highest BCUT2D eigenvalue weighted by molar-refractivity contribution is 5.93. The molecule has 6 heteroatoms. The Morgan fingerprint density at radius 1 is 1.03 bits per heavy atom. The van der Waals surface area contributed by atoms with Crippen LogP contribution in [0, 0.1) is 0 Å². The van der Waals surface area contributed by atoms with Gasteiger partial charge in [-0.15, -0.1) is 6.58 Å². The molecule has 3 aliphatic heterocycles. The molecule has 1 amide bonds. The highest BCUT2D eigenvalue weighted by Crippen LogP contribution is 2.37. The second kappa shape index (κ2) is 11.6. The first-order valence-corrected chi connectivity index (χ1v) is 13.6. The summed E-state index contributed by atoms with van der Waals surface area (Å²) in [6.45, 7) is 8.90. The first-order chi connectivity index (χ1) is 17.7. The molecule has 2 aromatic rings. The van der Waals surface area contributed by atoms with Crippen LogP contribution in [-0.2, 0) is 0 Å². The van der Waals surface area contributed by atoms with Gasteiger partial charge < -0.3 is 4.74 Å². The fraction of sp³-hybridized carbons (Fsp3) is 0.500. The van der Waals surface area contributed by atoms with Gasteiger partial charge in [0.25, 0.3) is 5.91 Å². The minimum Gasteiger partial charge on any atom is -0.497 e. The fourth-order valence-electron chi connectivity index (χ4n) is 6.34. The smallest absolute Gasteiger partial charge is 0.265 e. The standard InChI is InChI=1S/C30H40N4O2/c1-3-17-34-26-10-8-11-27(34)22-32(21-26)29(25-9-7-12-28(20-25)36-2)23-13-15-24(16-14-23)30(35)31-33-18-5-4-6-19-33/h3,7,9,12-16,20,26-27,29H,1,4-6,8,10-11,17-19,21-22H2,2H3,(H,31,35). The van der Waals surface area contributed by atoms with E-state index in [1.54, 1.807) is 7.11 Å². The molecule has 3 saturated heterocycles. The lowest BCUT2D eigenvalue weighted by molar-refractivity contribution is -0.0128. The van der Waals surface area contributed by atoms with Gasteiger partial charge in [0, 0.05) is 50.4 Å². The van der Waals surface area contributed by atoms with Gasteiger partial charge in [0.15, 0.2) is 0 Å². The van der Waals surface area contributed by atoms with Gasteiger partial charge >= 0.3 is 0 Å². The minimum absolute atomic E-state index is 0.0195. The van der Waals surface area contributed by atoms with Crippen molar-refractivity contribution in [1.82, 2.24) is 20.2 Å². The Bertz CT molecular complexity index is 1020. The van der Waals surface area contributed by atoms with Crippen LogP contribution in [0.4, 0.5) is 0 Å². The number of carbonyl (C=O) groups excluding carboxylic acids is 1. The van der Waals surface area contributed by atoms with Crippen LogP contribution in [0.2, 0.25) is 0 Å². The largest absolute Gasteiger partial charge is 0.497 e. The van der Waals surface area contributed by atoms with Gasteiger partial charge in [-0.25, -0.2) is 5.01 Å². The van der Waals surface area contributed by atoms with E-state index in [4.69, 9.17) is 4.74 Å². The summed E-state index contributed by atoms with van der Waals surface area (Å²) in [4.78, 5) is 18.2. The molecule has 192 valence electrons. The van der Waals surface area contributed by atoms with Gasteiger partial charge in [-0.2, -0.15) is 0 Å². The zero-order chi connectivity index (χ0) is 24.9. The summed E-state index contributed by atoms with van der Waals surface area (Å²) in [5.41, 5.74) is 6.25. The number of piperazine rings is 1. The quantitative estimate of drug-likeness (QED) is 0.549. The summed E-state index contributed by atoms with van der Waals surface area (Å²) in [6, 6.07) is 17.9. The van der Waals surface area contributed by atoms with Crippen LogP contribution in [0.25, 0.3) is 0 Å². The van der Waals surface area contributed by atoms with E-state index in [9.17, 15) is 4.79 Å².